The second-order valence-corrected chi connectivity index (χ2v) is 6.56. The largest absolute Gasteiger partial charge is 0.363 e. The molecule has 0 fully saturated rings. The highest BCUT2D eigenvalue weighted by atomic mass is 35.5. The van der Waals surface area contributed by atoms with Gasteiger partial charge in [0.05, 0.1) is 0 Å². The Morgan fingerprint density at radius 3 is 2.74 bits per heavy atom. The van der Waals surface area contributed by atoms with E-state index < -0.39 is 5.72 Å². The van der Waals surface area contributed by atoms with Gasteiger partial charge in [0.25, 0.3) is 0 Å². The molecule has 2 aromatic rings. The van der Waals surface area contributed by atoms with Crippen molar-refractivity contribution in [2.45, 2.75) is 25.5 Å². The highest BCUT2D eigenvalue weighted by Gasteiger charge is 2.48. The zero-order valence-electron chi connectivity index (χ0n) is 13.1. The van der Waals surface area contributed by atoms with E-state index in [-0.39, 0.29) is 0 Å². The van der Waals surface area contributed by atoms with Crippen molar-refractivity contribution in [2.24, 2.45) is 4.99 Å². The summed E-state index contributed by atoms with van der Waals surface area (Å²) < 4.78 is 0. The van der Waals surface area contributed by atoms with Crippen LogP contribution in [0.15, 0.2) is 47.5 Å². The summed E-state index contributed by atoms with van der Waals surface area (Å²) in [6, 6.07) is 13.9. The monoisotopic (exact) mass is 326 g/mol. The van der Waals surface area contributed by atoms with Crippen molar-refractivity contribution in [3.8, 4) is 0 Å². The first-order valence-corrected chi connectivity index (χ1v) is 8.46. The van der Waals surface area contributed by atoms with Crippen LogP contribution in [0.5, 0.6) is 0 Å². The molecule has 4 rings (SSSR count). The Labute approximate surface area is 141 Å². The molecule has 3 nitrogen and oxygen atoms in total. The number of halogens is 1. The Kier molecular flexibility index (Phi) is 3.43. The fraction of sp³-hybridized carbons (Fsp3) is 0.316. The predicted molar refractivity (Wildman–Crippen MR) is 93.0 cm³/mol. The van der Waals surface area contributed by atoms with Crippen LogP contribution in [-0.4, -0.2) is 28.9 Å². The molecule has 1 unspecified atom stereocenters. The third-order valence-electron chi connectivity index (χ3n) is 4.81. The Bertz CT molecular complexity index is 784. The van der Waals surface area contributed by atoms with Crippen molar-refractivity contribution in [1.82, 2.24) is 4.90 Å². The van der Waals surface area contributed by atoms with Crippen LogP contribution in [0.4, 0.5) is 0 Å². The fourth-order valence-electron chi connectivity index (χ4n) is 3.59. The topological polar surface area (TPSA) is 35.8 Å². The Hall–Kier alpha value is -1.84. The van der Waals surface area contributed by atoms with Crippen LogP contribution in [0.2, 0.25) is 5.02 Å². The number of hydrogen-bond donors (Lipinski definition) is 1. The number of fused-ring (bicyclic) bond motifs is 3. The first kappa shape index (κ1) is 14.7. The van der Waals surface area contributed by atoms with Gasteiger partial charge in [-0.1, -0.05) is 48.9 Å². The minimum absolute atomic E-state index is 0.669. The van der Waals surface area contributed by atoms with E-state index in [2.05, 4.69) is 24.0 Å². The molecule has 0 saturated heterocycles. The molecule has 118 valence electrons. The number of hydrogen-bond acceptors (Lipinski definition) is 3. The van der Waals surface area contributed by atoms with Gasteiger partial charge in [0.1, 0.15) is 5.84 Å². The van der Waals surface area contributed by atoms with E-state index in [4.69, 9.17) is 11.6 Å². The summed E-state index contributed by atoms with van der Waals surface area (Å²) in [7, 11) is 0. The van der Waals surface area contributed by atoms with Gasteiger partial charge in [-0.15, -0.1) is 0 Å². The molecule has 0 radical (unpaired) electrons. The lowest BCUT2D eigenvalue weighted by Crippen LogP contribution is -2.47. The molecule has 0 saturated carbocycles. The van der Waals surface area contributed by atoms with E-state index >= 15 is 0 Å². The van der Waals surface area contributed by atoms with Crippen molar-refractivity contribution in [2.75, 3.05) is 13.1 Å². The summed E-state index contributed by atoms with van der Waals surface area (Å²) >= 11 is 6.18. The van der Waals surface area contributed by atoms with Crippen molar-refractivity contribution < 1.29 is 5.11 Å². The van der Waals surface area contributed by atoms with E-state index in [1.54, 1.807) is 0 Å². The lowest BCUT2D eigenvalue weighted by Gasteiger charge is -2.37. The molecule has 2 aliphatic rings. The smallest absolute Gasteiger partial charge is 0.193 e. The van der Waals surface area contributed by atoms with Gasteiger partial charge in [0, 0.05) is 34.8 Å². The molecular weight excluding hydrogens is 308 g/mol. The number of rotatable bonds is 2. The molecule has 2 aliphatic heterocycles. The van der Waals surface area contributed by atoms with Gasteiger partial charge in [0.15, 0.2) is 5.72 Å². The highest BCUT2D eigenvalue weighted by molar-refractivity contribution is 6.31. The molecule has 0 bridgehead atoms. The van der Waals surface area contributed by atoms with E-state index in [0.717, 1.165) is 48.5 Å². The van der Waals surface area contributed by atoms with E-state index in [0.29, 0.717) is 5.02 Å². The summed E-state index contributed by atoms with van der Waals surface area (Å²) in [5.74, 6) is 0.857. The Morgan fingerprint density at radius 1 is 1.22 bits per heavy atom. The minimum Gasteiger partial charge on any atom is -0.363 e. The maximum absolute atomic E-state index is 11.7. The molecule has 2 aromatic carbocycles. The predicted octanol–water partition coefficient (Wildman–Crippen LogP) is 3.56. The van der Waals surface area contributed by atoms with Gasteiger partial charge in [-0.05, 0) is 30.5 Å². The summed E-state index contributed by atoms with van der Waals surface area (Å²) in [6.07, 6.45) is 1.93. The van der Waals surface area contributed by atoms with Gasteiger partial charge in [-0.2, -0.15) is 0 Å². The normalized spacial score (nSPS) is 22.6. The lowest BCUT2D eigenvalue weighted by atomic mass is 9.93. The molecule has 1 atom stereocenters. The van der Waals surface area contributed by atoms with E-state index in [1.807, 2.05) is 35.2 Å². The number of benzene rings is 2. The molecule has 1 N–H and O–H groups in total. The standard InChI is InChI=1S/C19H19ClN2O/c1-2-13-4-6-14(7-5-13)19(23)17-9-8-15(20)12-16(17)18-21-10-3-11-22(18)19/h4-9,12,23H,2-3,10-11H2,1H3. The number of aliphatic imine (C=N–C) groups is 1. The molecule has 0 aromatic heterocycles. The van der Waals surface area contributed by atoms with Crippen molar-refractivity contribution in [1.29, 1.82) is 0 Å². The van der Waals surface area contributed by atoms with Gasteiger partial charge in [-0.25, -0.2) is 0 Å². The third-order valence-corrected chi connectivity index (χ3v) is 5.05. The van der Waals surface area contributed by atoms with Crippen LogP contribution in [0.25, 0.3) is 0 Å². The molecule has 23 heavy (non-hydrogen) atoms. The number of amidine groups is 1. The zero-order chi connectivity index (χ0) is 16.0. The first-order valence-electron chi connectivity index (χ1n) is 8.09. The maximum Gasteiger partial charge on any atom is 0.193 e. The fourth-order valence-corrected chi connectivity index (χ4v) is 3.76. The summed E-state index contributed by atoms with van der Waals surface area (Å²) in [5, 5.41) is 12.3. The Balaban J connectivity index is 1.92. The summed E-state index contributed by atoms with van der Waals surface area (Å²) in [6.45, 7) is 3.71. The average Bonchev–Trinajstić information content (AvgIpc) is 2.85. The van der Waals surface area contributed by atoms with E-state index in [1.165, 1.54) is 5.56 Å². The highest BCUT2D eigenvalue weighted by Crippen LogP contribution is 2.44. The molecule has 0 amide bonds. The second-order valence-electron chi connectivity index (χ2n) is 6.12. The first-order chi connectivity index (χ1) is 11.1. The van der Waals surface area contributed by atoms with Gasteiger partial charge >= 0.3 is 0 Å². The van der Waals surface area contributed by atoms with Crippen LogP contribution in [0.1, 0.15) is 35.6 Å². The van der Waals surface area contributed by atoms with Crippen molar-refractivity contribution in [3.05, 3.63) is 69.7 Å². The van der Waals surface area contributed by atoms with Gasteiger partial charge in [-0.3, -0.25) is 4.99 Å². The summed E-state index contributed by atoms with van der Waals surface area (Å²) in [4.78, 5) is 6.66. The van der Waals surface area contributed by atoms with Gasteiger partial charge < -0.3 is 10.0 Å². The minimum atomic E-state index is -1.16. The van der Waals surface area contributed by atoms with Crippen molar-refractivity contribution >= 4 is 17.4 Å². The van der Waals surface area contributed by atoms with Crippen LogP contribution in [0.3, 0.4) is 0 Å². The number of aliphatic hydroxyl groups is 1. The number of nitrogens with zero attached hydrogens (tertiary/aromatic N) is 2. The third kappa shape index (κ3) is 2.11. The maximum atomic E-state index is 11.7. The van der Waals surface area contributed by atoms with Crippen molar-refractivity contribution in [3.63, 3.8) is 0 Å². The Morgan fingerprint density at radius 2 is 2.00 bits per heavy atom. The van der Waals surface area contributed by atoms with Crippen LogP contribution in [-0.2, 0) is 12.1 Å². The molecule has 4 heteroatoms. The zero-order valence-corrected chi connectivity index (χ0v) is 13.8. The summed E-state index contributed by atoms with van der Waals surface area (Å²) in [5.41, 5.74) is 2.79. The number of aryl methyl sites for hydroxylation is 1. The van der Waals surface area contributed by atoms with Gasteiger partial charge in [0.2, 0.25) is 0 Å². The molecule has 2 heterocycles. The quantitative estimate of drug-likeness (QED) is 0.916. The average molecular weight is 327 g/mol. The SMILES string of the molecule is CCc1ccc(C2(O)c3ccc(Cl)cc3C3=NCCCN32)cc1. The van der Waals surface area contributed by atoms with Crippen LogP contribution >= 0.6 is 11.6 Å². The molecular formula is C19H19ClN2O. The molecule has 0 aliphatic carbocycles. The van der Waals surface area contributed by atoms with Crippen LogP contribution < -0.4 is 0 Å². The second kappa shape index (κ2) is 5.36. The van der Waals surface area contributed by atoms with E-state index in [9.17, 15) is 5.11 Å². The lowest BCUT2D eigenvalue weighted by molar-refractivity contribution is -0.0317. The molecule has 0 spiro atoms. The van der Waals surface area contributed by atoms with Crippen LogP contribution in [0, 0.1) is 0 Å².